The first-order valence-electron chi connectivity index (χ1n) is 5.46. The molecular formula is C10H22N2S3. The summed E-state index contributed by atoms with van der Waals surface area (Å²) < 4.78 is 1.98. The Morgan fingerprint density at radius 2 is 2.40 bits per heavy atom. The molecule has 0 bridgehead atoms. The van der Waals surface area contributed by atoms with Crippen molar-refractivity contribution in [3.63, 3.8) is 0 Å². The number of nitrogens with one attached hydrogen (secondary N) is 1. The van der Waals surface area contributed by atoms with Gasteiger partial charge in [0.05, 0.1) is 6.54 Å². The molecule has 2 nitrogen and oxygen atoms in total. The SMILES string of the molecule is CC.CCCCNC(=S)SC1=NCCS1.[HH]. The van der Waals surface area contributed by atoms with E-state index in [-0.39, 0.29) is 1.43 Å². The van der Waals surface area contributed by atoms with Crippen LogP contribution in [0, 0.1) is 0 Å². The normalized spacial score (nSPS) is 13.9. The van der Waals surface area contributed by atoms with Crippen molar-refractivity contribution in [3.8, 4) is 0 Å². The number of rotatable bonds is 3. The molecule has 1 aliphatic rings. The van der Waals surface area contributed by atoms with Crippen molar-refractivity contribution in [2.24, 2.45) is 4.99 Å². The Hall–Kier alpha value is 0.260. The molecule has 0 amide bonds. The molecule has 0 unspecified atom stereocenters. The molecule has 0 saturated heterocycles. The Labute approximate surface area is 109 Å². The third kappa shape index (κ3) is 8.11. The quantitative estimate of drug-likeness (QED) is 0.621. The summed E-state index contributed by atoms with van der Waals surface area (Å²) >= 11 is 8.55. The van der Waals surface area contributed by atoms with E-state index < -0.39 is 0 Å². The second-order valence-corrected chi connectivity index (χ2v) is 5.67. The Morgan fingerprint density at radius 3 is 2.93 bits per heavy atom. The molecule has 0 radical (unpaired) electrons. The van der Waals surface area contributed by atoms with Crippen LogP contribution in [0.4, 0.5) is 0 Å². The molecule has 0 aromatic rings. The molecule has 0 aromatic carbocycles. The van der Waals surface area contributed by atoms with Crippen molar-refractivity contribution >= 4 is 44.4 Å². The van der Waals surface area contributed by atoms with E-state index in [1.807, 2.05) is 13.8 Å². The Balaban J connectivity index is 0. The van der Waals surface area contributed by atoms with Gasteiger partial charge in [0.15, 0.2) is 0 Å². The van der Waals surface area contributed by atoms with Crippen molar-refractivity contribution in [1.29, 1.82) is 0 Å². The maximum atomic E-state index is 5.16. The highest BCUT2D eigenvalue weighted by Crippen LogP contribution is 2.22. The molecular weight excluding hydrogens is 244 g/mol. The zero-order valence-electron chi connectivity index (χ0n) is 9.71. The van der Waals surface area contributed by atoms with Gasteiger partial charge in [0, 0.05) is 13.7 Å². The molecule has 90 valence electrons. The third-order valence-electron chi connectivity index (χ3n) is 1.54. The number of unbranched alkanes of at least 4 members (excludes halogenated alkanes) is 1. The van der Waals surface area contributed by atoms with Crippen LogP contribution in [-0.2, 0) is 0 Å². The van der Waals surface area contributed by atoms with E-state index in [9.17, 15) is 0 Å². The van der Waals surface area contributed by atoms with Crippen LogP contribution >= 0.6 is 35.7 Å². The molecule has 1 aliphatic heterocycles. The average molecular weight is 267 g/mol. The molecule has 0 spiro atoms. The first kappa shape index (κ1) is 15.3. The van der Waals surface area contributed by atoms with Crippen molar-refractivity contribution in [3.05, 3.63) is 0 Å². The van der Waals surface area contributed by atoms with Crippen molar-refractivity contribution in [1.82, 2.24) is 5.32 Å². The number of thiocarbonyl (C=S) groups is 1. The van der Waals surface area contributed by atoms with E-state index in [1.165, 1.54) is 12.8 Å². The summed E-state index contributed by atoms with van der Waals surface area (Å²) in [5.41, 5.74) is 0. The summed E-state index contributed by atoms with van der Waals surface area (Å²) in [5, 5.41) is 3.21. The third-order valence-corrected chi connectivity index (χ3v) is 3.93. The molecule has 15 heavy (non-hydrogen) atoms. The number of hydrogen-bond donors (Lipinski definition) is 1. The van der Waals surface area contributed by atoms with Crippen LogP contribution in [0.1, 0.15) is 35.0 Å². The lowest BCUT2D eigenvalue weighted by atomic mass is 10.3. The van der Waals surface area contributed by atoms with Crippen LogP contribution in [0.15, 0.2) is 4.99 Å². The zero-order valence-corrected chi connectivity index (χ0v) is 12.2. The van der Waals surface area contributed by atoms with Gasteiger partial charge in [-0.15, -0.1) is 0 Å². The monoisotopic (exact) mass is 266 g/mol. The molecule has 0 saturated carbocycles. The van der Waals surface area contributed by atoms with Crippen molar-refractivity contribution in [2.45, 2.75) is 33.6 Å². The largest absolute Gasteiger partial charge is 0.371 e. The smallest absolute Gasteiger partial charge is 0.140 e. The standard InChI is InChI=1S/C8H14N2S3.C2H6.H2/c1-2-3-4-9-7(11)13-8-10-5-6-12-8;1-2;/h2-6H2,1H3,(H,9,11);1-2H3;1H. The van der Waals surface area contributed by atoms with Gasteiger partial charge >= 0.3 is 0 Å². The van der Waals surface area contributed by atoms with Gasteiger partial charge in [-0.05, 0) is 18.2 Å². The predicted molar refractivity (Wildman–Crippen MR) is 81.3 cm³/mol. The summed E-state index contributed by atoms with van der Waals surface area (Å²) in [4.78, 5) is 4.32. The van der Waals surface area contributed by atoms with Crippen LogP contribution in [0.2, 0.25) is 0 Å². The van der Waals surface area contributed by atoms with Crippen LogP contribution in [-0.4, -0.2) is 27.5 Å². The van der Waals surface area contributed by atoms with Crippen LogP contribution in [0.3, 0.4) is 0 Å². The van der Waals surface area contributed by atoms with E-state index in [2.05, 4.69) is 17.2 Å². The Bertz CT molecular complexity index is 210. The highest BCUT2D eigenvalue weighted by atomic mass is 32.2. The summed E-state index contributed by atoms with van der Waals surface area (Å²) in [6, 6.07) is 0. The fourth-order valence-electron chi connectivity index (χ4n) is 0.860. The van der Waals surface area contributed by atoms with Gasteiger partial charge in [0.1, 0.15) is 8.70 Å². The molecule has 1 rings (SSSR count). The Kier molecular flexibility index (Phi) is 11.0. The molecule has 0 fully saturated rings. The number of hydrogen-bond acceptors (Lipinski definition) is 4. The number of nitrogens with zero attached hydrogens (tertiary/aromatic N) is 1. The fourth-order valence-corrected chi connectivity index (χ4v) is 3.12. The molecule has 1 heterocycles. The van der Waals surface area contributed by atoms with Crippen LogP contribution in [0.5, 0.6) is 0 Å². The van der Waals surface area contributed by atoms with Gasteiger partial charge in [-0.2, -0.15) is 0 Å². The molecule has 5 heteroatoms. The highest BCUT2D eigenvalue weighted by Gasteiger charge is 2.09. The van der Waals surface area contributed by atoms with Gasteiger partial charge in [-0.1, -0.05) is 51.2 Å². The second-order valence-electron chi connectivity index (χ2n) is 2.67. The summed E-state index contributed by atoms with van der Waals surface area (Å²) in [6.45, 7) is 8.11. The van der Waals surface area contributed by atoms with Gasteiger partial charge in [0.25, 0.3) is 0 Å². The number of aliphatic imine (C=N–C) groups is 1. The minimum atomic E-state index is 0. The maximum Gasteiger partial charge on any atom is 0.140 e. The van der Waals surface area contributed by atoms with Gasteiger partial charge in [-0.3, -0.25) is 4.99 Å². The van der Waals surface area contributed by atoms with E-state index in [0.717, 1.165) is 27.5 Å². The van der Waals surface area contributed by atoms with Gasteiger partial charge in [0.2, 0.25) is 0 Å². The zero-order chi connectivity index (χ0) is 11.5. The lowest BCUT2D eigenvalue weighted by molar-refractivity contribution is 0.763. The van der Waals surface area contributed by atoms with E-state index >= 15 is 0 Å². The first-order valence-corrected chi connectivity index (χ1v) is 7.67. The molecule has 1 N–H and O–H groups in total. The highest BCUT2D eigenvalue weighted by molar-refractivity contribution is 8.47. The second kappa shape index (κ2) is 10.8. The Morgan fingerprint density at radius 1 is 1.67 bits per heavy atom. The van der Waals surface area contributed by atoms with Crippen molar-refractivity contribution in [2.75, 3.05) is 18.8 Å². The predicted octanol–water partition coefficient (Wildman–Crippen LogP) is 3.77. The molecule has 0 atom stereocenters. The summed E-state index contributed by atoms with van der Waals surface area (Å²) in [5.74, 6) is 1.11. The topological polar surface area (TPSA) is 24.4 Å². The van der Waals surface area contributed by atoms with Crippen LogP contribution < -0.4 is 5.32 Å². The van der Waals surface area contributed by atoms with Crippen molar-refractivity contribution < 1.29 is 1.43 Å². The fraction of sp³-hybridized carbons (Fsp3) is 0.800. The molecule has 0 aliphatic carbocycles. The lowest BCUT2D eigenvalue weighted by Gasteiger charge is -2.05. The van der Waals surface area contributed by atoms with E-state index in [0.29, 0.717) is 0 Å². The van der Waals surface area contributed by atoms with Gasteiger partial charge < -0.3 is 5.32 Å². The number of thioether (sulfide) groups is 2. The molecule has 0 aromatic heterocycles. The van der Waals surface area contributed by atoms with E-state index in [1.54, 1.807) is 23.5 Å². The minimum Gasteiger partial charge on any atom is -0.371 e. The van der Waals surface area contributed by atoms with E-state index in [4.69, 9.17) is 12.2 Å². The summed E-state index contributed by atoms with van der Waals surface area (Å²) in [7, 11) is 0. The first-order chi connectivity index (χ1) is 7.33. The maximum absolute atomic E-state index is 5.16. The van der Waals surface area contributed by atoms with Gasteiger partial charge in [-0.25, -0.2) is 0 Å². The lowest BCUT2D eigenvalue weighted by Crippen LogP contribution is -2.20. The van der Waals surface area contributed by atoms with Crippen LogP contribution in [0.25, 0.3) is 0 Å². The minimum absolute atomic E-state index is 0. The average Bonchev–Trinajstić information content (AvgIpc) is 2.74. The summed E-state index contributed by atoms with van der Waals surface area (Å²) in [6.07, 6.45) is 2.39.